The number of carbonyl (C=O) groups is 1. The molecule has 1 aromatic heterocycles. The van der Waals surface area contributed by atoms with Crippen molar-refractivity contribution in [2.24, 2.45) is 11.7 Å². The lowest BCUT2D eigenvalue weighted by Gasteiger charge is -2.29. The van der Waals surface area contributed by atoms with E-state index in [1.54, 1.807) is 11.3 Å². The van der Waals surface area contributed by atoms with Crippen molar-refractivity contribution in [1.82, 2.24) is 10.3 Å². The molecule has 1 amide bonds. The van der Waals surface area contributed by atoms with Crippen molar-refractivity contribution in [2.75, 3.05) is 6.54 Å². The molecule has 1 aliphatic carbocycles. The van der Waals surface area contributed by atoms with Gasteiger partial charge in [0.2, 0.25) is 5.91 Å². The molecule has 1 aliphatic rings. The third-order valence-corrected chi connectivity index (χ3v) is 5.46. The van der Waals surface area contributed by atoms with Gasteiger partial charge in [0.1, 0.15) is 5.01 Å². The number of nitrogens with zero attached hydrogens (tertiary/aromatic N) is 1. The molecule has 0 bridgehead atoms. The van der Waals surface area contributed by atoms with E-state index in [0.29, 0.717) is 18.9 Å². The lowest BCUT2D eigenvalue weighted by molar-refractivity contribution is -0.122. The molecule has 1 aromatic carbocycles. The van der Waals surface area contributed by atoms with Crippen molar-refractivity contribution >= 4 is 42.1 Å². The zero-order valence-corrected chi connectivity index (χ0v) is 16.9. The van der Waals surface area contributed by atoms with Gasteiger partial charge in [0, 0.05) is 17.5 Å². The maximum Gasteiger partial charge on any atom is 0.226 e. The van der Waals surface area contributed by atoms with Gasteiger partial charge in [-0.05, 0) is 32.6 Å². The summed E-state index contributed by atoms with van der Waals surface area (Å²) in [6.45, 7) is 4.59. The molecule has 3 rings (SSSR count). The summed E-state index contributed by atoms with van der Waals surface area (Å²) >= 11 is 1.58. The molecule has 0 radical (unpaired) electrons. The van der Waals surface area contributed by atoms with Gasteiger partial charge in [-0.1, -0.05) is 29.8 Å². The first kappa shape index (κ1) is 21.9. The first-order valence-electron chi connectivity index (χ1n) is 8.03. The summed E-state index contributed by atoms with van der Waals surface area (Å²) in [6.07, 6.45) is 2.62. The van der Waals surface area contributed by atoms with Gasteiger partial charge in [-0.2, -0.15) is 0 Å². The normalized spacial score (nSPS) is 15.5. The van der Waals surface area contributed by atoms with Crippen LogP contribution in [0.2, 0.25) is 0 Å². The maximum absolute atomic E-state index is 12.3. The Kier molecular flexibility index (Phi) is 7.88. The van der Waals surface area contributed by atoms with Crippen LogP contribution < -0.4 is 11.1 Å². The molecule has 1 saturated carbocycles. The van der Waals surface area contributed by atoms with Gasteiger partial charge in [0.25, 0.3) is 0 Å². The van der Waals surface area contributed by atoms with Crippen LogP contribution in [-0.2, 0) is 11.2 Å². The Labute approximate surface area is 165 Å². The zero-order valence-electron chi connectivity index (χ0n) is 14.5. The van der Waals surface area contributed by atoms with Crippen LogP contribution in [0.1, 0.15) is 31.0 Å². The number of hydrogen-bond donors (Lipinski definition) is 2. The summed E-state index contributed by atoms with van der Waals surface area (Å²) in [6, 6.07) is 8.28. The Balaban J connectivity index is 0.00000156. The number of aromatic nitrogens is 1. The lowest BCUT2D eigenvalue weighted by Crippen LogP contribution is -2.53. The molecular formula is C18H25Cl2N3OS. The van der Waals surface area contributed by atoms with Crippen molar-refractivity contribution in [3.8, 4) is 10.6 Å². The molecule has 0 saturated heterocycles. The van der Waals surface area contributed by atoms with Gasteiger partial charge in [0.05, 0.1) is 17.7 Å². The molecule has 1 fully saturated rings. The highest BCUT2D eigenvalue weighted by atomic mass is 35.5. The Hall–Kier alpha value is -1.14. The number of rotatable bonds is 6. The van der Waals surface area contributed by atoms with Gasteiger partial charge < -0.3 is 11.1 Å². The quantitative estimate of drug-likeness (QED) is 0.773. The minimum absolute atomic E-state index is 0. The molecule has 138 valence electrons. The number of amides is 1. The molecule has 7 heteroatoms. The third kappa shape index (κ3) is 5.42. The van der Waals surface area contributed by atoms with Crippen molar-refractivity contribution in [3.63, 3.8) is 0 Å². The standard InChI is InChI=1S/C18H23N3OS.2ClH/c1-12-3-5-13(6-4-12)17-20-15(10-23-17)9-16(22)21-18(2,11-19)14-7-8-14;;/h3-6,10,14H,7-9,11,19H2,1-2H3,(H,21,22);2*1H. The van der Waals surface area contributed by atoms with Gasteiger partial charge in [0.15, 0.2) is 0 Å². The minimum atomic E-state index is -0.271. The van der Waals surface area contributed by atoms with Crippen LogP contribution in [0.4, 0.5) is 0 Å². The second-order valence-corrected chi connectivity index (χ2v) is 7.49. The van der Waals surface area contributed by atoms with Crippen molar-refractivity contribution in [3.05, 3.63) is 40.9 Å². The Bertz CT molecular complexity index is 701. The van der Waals surface area contributed by atoms with E-state index in [9.17, 15) is 4.79 Å². The highest BCUT2D eigenvalue weighted by Crippen LogP contribution is 2.39. The Morgan fingerprint density at radius 3 is 2.52 bits per heavy atom. The summed E-state index contributed by atoms with van der Waals surface area (Å²) in [7, 11) is 0. The van der Waals surface area contributed by atoms with E-state index in [1.807, 2.05) is 12.3 Å². The van der Waals surface area contributed by atoms with Crippen molar-refractivity contribution < 1.29 is 4.79 Å². The predicted octanol–water partition coefficient (Wildman–Crippen LogP) is 3.75. The van der Waals surface area contributed by atoms with E-state index in [0.717, 1.165) is 29.1 Å². The second-order valence-electron chi connectivity index (χ2n) is 6.63. The fraction of sp³-hybridized carbons (Fsp3) is 0.444. The van der Waals surface area contributed by atoms with Crippen LogP contribution >= 0.6 is 36.2 Å². The first-order valence-corrected chi connectivity index (χ1v) is 8.90. The molecule has 3 N–H and O–H groups in total. The van der Waals surface area contributed by atoms with Crippen LogP contribution in [0, 0.1) is 12.8 Å². The number of carbonyl (C=O) groups excluding carboxylic acids is 1. The van der Waals surface area contributed by atoms with E-state index in [2.05, 4.69) is 41.5 Å². The molecule has 1 unspecified atom stereocenters. The Morgan fingerprint density at radius 1 is 1.32 bits per heavy atom. The van der Waals surface area contributed by atoms with Crippen LogP contribution in [0.5, 0.6) is 0 Å². The fourth-order valence-corrected chi connectivity index (χ4v) is 3.61. The van der Waals surface area contributed by atoms with Gasteiger partial charge >= 0.3 is 0 Å². The van der Waals surface area contributed by atoms with Crippen molar-refractivity contribution in [2.45, 2.75) is 38.6 Å². The smallest absolute Gasteiger partial charge is 0.226 e. The van der Waals surface area contributed by atoms with Gasteiger partial charge in [-0.3, -0.25) is 4.79 Å². The number of hydrogen-bond acceptors (Lipinski definition) is 4. The van der Waals surface area contributed by atoms with Gasteiger partial charge in [-0.25, -0.2) is 4.98 Å². The monoisotopic (exact) mass is 401 g/mol. The van der Waals surface area contributed by atoms with E-state index in [-0.39, 0.29) is 36.3 Å². The number of nitrogens with one attached hydrogen (secondary N) is 1. The van der Waals surface area contributed by atoms with E-state index in [4.69, 9.17) is 5.73 Å². The summed E-state index contributed by atoms with van der Waals surface area (Å²) < 4.78 is 0. The molecule has 25 heavy (non-hydrogen) atoms. The largest absolute Gasteiger partial charge is 0.349 e. The molecule has 1 atom stereocenters. The van der Waals surface area contributed by atoms with Crippen molar-refractivity contribution in [1.29, 1.82) is 0 Å². The van der Waals surface area contributed by atoms with Gasteiger partial charge in [-0.15, -0.1) is 36.2 Å². The highest BCUT2D eigenvalue weighted by Gasteiger charge is 2.41. The van der Waals surface area contributed by atoms with E-state index >= 15 is 0 Å². The van der Waals surface area contributed by atoms with Crippen LogP contribution in [0.25, 0.3) is 10.6 Å². The predicted molar refractivity (Wildman–Crippen MR) is 109 cm³/mol. The van der Waals surface area contributed by atoms with E-state index in [1.165, 1.54) is 5.56 Å². The molecule has 0 aliphatic heterocycles. The number of benzene rings is 1. The number of thiazole rings is 1. The summed E-state index contributed by atoms with van der Waals surface area (Å²) in [5.41, 5.74) is 8.72. The minimum Gasteiger partial charge on any atom is -0.349 e. The summed E-state index contributed by atoms with van der Waals surface area (Å²) in [4.78, 5) is 16.9. The molecule has 4 nitrogen and oxygen atoms in total. The topological polar surface area (TPSA) is 68.0 Å². The second kappa shape index (κ2) is 8.99. The first-order chi connectivity index (χ1) is 11.0. The zero-order chi connectivity index (χ0) is 16.4. The molecule has 1 heterocycles. The molecule has 0 spiro atoms. The number of aryl methyl sites for hydroxylation is 1. The number of nitrogens with two attached hydrogens (primary N) is 1. The highest BCUT2D eigenvalue weighted by molar-refractivity contribution is 7.13. The molecule has 2 aromatic rings. The average Bonchev–Trinajstić information content (AvgIpc) is 3.29. The van der Waals surface area contributed by atoms with Crippen LogP contribution in [0.15, 0.2) is 29.6 Å². The third-order valence-electron chi connectivity index (χ3n) is 4.52. The van der Waals surface area contributed by atoms with E-state index < -0.39 is 0 Å². The molecular weight excluding hydrogens is 377 g/mol. The summed E-state index contributed by atoms with van der Waals surface area (Å²) in [5, 5.41) is 6.03. The average molecular weight is 402 g/mol. The fourth-order valence-electron chi connectivity index (χ4n) is 2.78. The maximum atomic E-state index is 12.3. The lowest BCUT2D eigenvalue weighted by atomic mass is 9.95. The number of halogens is 2. The Morgan fingerprint density at radius 2 is 1.96 bits per heavy atom. The van der Waals surface area contributed by atoms with Crippen LogP contribution in [0.3, 0.4) is 0 Å². The SMILES string of the molecule is Cc1ccc(-c2nc(CC(=O)NC(C)(CN)C3CC3)cs2)cc1.Cl.Cl. The van der Waals surface area contributed by atoms with Crippen LogP contribution in [-0.4, -0.2) is 23.0 Å². The summed E-state index contributed by atoms with van der Waals surface area (Å²) in [5.74, 6) is 0.528.